The summed E-state index contributed by atoms with van der Waals surface area (Å²) in [5.41, 5.74) is 0. The van der Waals surface area contributed by atoms with Crippen molar-refractivity contribution in [2.24, 2.45) is 0 Å². The Morgan fingerprint density at radius 3 is 2.89 bits per heavy atom. The van der Waals surface area contributed by atoms with Crippen LogP contribution >= 0.6 is 0 Å². The van der Waals surface area contributed by atoms with E-state index in [2.05, 4.69) is 12.2 Å². The van der Waals surface area contributed by atoms with Gasteiger partial charge in [0.05, 0.1) is 32.0 Å². The van der Waals surface area contributed by atoms with Crippen molar-refractivity contribution in [2.45, 2.75) is 44.8 Å². The van der Waals surface area contributed by atoms with Crippen molar-refractivity contribution in [2.75, 3.05) is 46.1 Å². The fourth-order valence-electron chi connectivity index (χ4n) is 1.96. The van der Waals surface area contributed by atoms with Crippen molar-refractivity contribution in [3.8, 4) is 0 Å². The average molecular weight is 275 g/mol. The Kier molecular flexibility index (Phi) is 10.3. The molecule has 1 aliphatic rings. The fraction of sp³-hybridized carbons (Fsp3) is 1.00. The lowest BCUT2D eigenvalue weighted by Gasteiger charge is -2.14. The number of aliphatic hydroxyl groups is 1. The third-order valence-electron chi connectivity index (χ3n) is 3.10. The van der Waals surface area contributed by atoms with Crippen LogP contribution < -0.4 is 5.32 Å². The lowest BCUT2D eigenvalue weighted by atomic mass is 10.2. The minimum atomic E-state index is -0.461. The van der Waals surface area contributed by atoms with Crippen molar-refractivity contribution >= 4 is 0 Å². The Morgan fingerprint density at radius 2 is 2.16 bits per heavy atom. The van der Waals surface area contributed by atoms with E-state index in [0.717, 1.165) is 45.4 Å². The van der Waals surface area contributed by atoms with E-state index in [4.69, 9.17) is 14.2 Å². The van der Waals surface area contributed by atoms with Gasteiger partial charge in [-0.15, -0.1) is 0 Å². The minimum absolute atomic E-state index is 0.320. The molecule has 19 heavy (non-hydrogen) atoms. The van der Waals surface area contributed by atoms with Gasteiger partial charge in [0.25, 0.3) is 0 Å². The summed E-state index contributed by atoms with van der Waals surface area (Å²) in [6, 6.07) is 0. The molecule has 114 valence electrons. The number of ether oxygens (including phenoxy) is 3. The normalized spacial score (nSPS) is 20.8. The highest BCUT2D eigenvalue weighted by atomic mass is 16.5. The predicted molar refractivity (Wildman–Crippen MR) is 74.4 cm³/mol. The standard InChI is InChI=1S/C14H29NO4/c1-2-3-6-17-8-9-18-12-13(16)10-15-11-14-5-4-7-19-14/h13-16H,2-12H2,1H3. The van der Waals surface area contributed by atoms with Gasteiger partial charge < -0.3 is 24.6 Å². The molecule has 1 heterocycles. The molecule has 2 atom stereocenters. The van der Waals surface area contributed by atoms with Gasteiger partial charge in [-0.2, -0.15) is 0 Å². The Morgan fingerprint density at radius 1 is 1.32 bits per heavy atom. The van der Waals surface area contributed by atoms with Crippen LogP contribution in [0.2, 0.25) is 0 Å². The van der Waals surface area contributed by atoms with Crippen molar-refractivity contribution in [3.05, 3.63) is 0 Å². The van der Waals surface area contributed by atoms with E-state index < -0.39 is 6.10 Å². The molecule has 0 aromatic heterocycles. The predicted octanol–water partition coefficient (Wildman–Crippen LogP) is 0.949. The van der Waals surface area contributed by atoms with Crippen LogP contribution in [-0.2, 0) is 14.2 Å². The molecule has 0 aromatic carbocycles. The van der Waals surface area contributed by atoms with E-state index in [-0.39, 0.29) is 0 Å². The Bertz CT molecular complexity index is 198. The molecular formula is C14H29NO4. The van der Waals surface area contributed by atoms with Gasteiger partial charge in [-0.1, -0.05) is 13.3 Å². The Balaban J connectivity index is 1.80. The molecule has 2 N–H and O–H groups in total. The van der Waals surface area contributed by atoms with E-state index in [1.165, 1.54) is 0 Å². The molecule has 0 aliphatic carbocycles. The molecule has 0 saturated carbocycles. The monoisotopic (exact) mass is 275 g/mol. The highest BCUT2D eigenvalue weighted by molar-refractivity contribution is 4.68. The SMILES string of the molecule is CCCCOCCOCC(O)CNCC1CCCO1. The number of hydrogen-bond acceptors (Lipinski definition) is 5. The molecule has 1 fully saturated rings. The summed E-state index contributed by atoms with van der Waals surface area (Å²) in [5.74, 6) is 0. The second-order valence-electron chi connectivity index (χ2n) is 4.99. The van der Waals surface area contributed by atoms with Crippen molar-refractivity contribution in [1.82, 2.24) is 5.32 Å². The summed E-state index contributed by atoms with van der Waals surface area (Å²) in [5, 5.41) is 12.9. The number of unbranched alkanes of at least 4 members (excludes halogenated alkanes) is 1. The van der Waals surface area contributed by atoms with Crippen LogP contribution in [0.1, 0.15) is 32.6 Å². The average Bonchev–Trinajstić information content (AvgIpc) is 2.91. The number of aliphatic hydroxyl groups excluding tert-OH is 1. The summed E-state index contributed by atoms with van der Waals surface area (Å²) < 4.78 is 16.2. The molecule has 0 amide bonds. The summed E-state index contributed by atoms with van der Waals surface area (Å²) in [4.78, 5) is 0. The molecule has 0 aromatic rings. The molecular weight excluding hydrogens is 246 g/mol. The minimum Gasteiger partial charge on any atom is -0.389 e. The lowest BCUT2D eigenvalue weighted by Crippen LogP contribution is -2.35. The highest BCUT2D eigenvalue weighted by Crippen LogP contribution is 2.10. The van der Waals surface area contributed by atoms with Crippen LogP contribution in [0.15, 0.2) is 0 Å². The first-order valence-electron chi connectivity index (χ1n) is 7.48. The molecule has 1 rings (SSSR count). The van der Waals surface area contributed by atoms with Gasteiger partial charge in [-0.25, -0.2) is 0 Å². The summed E-state index contributed by atoms with van der Waals surface area (Å²) >= 11 is 0. The van der Waals surface area contributed by atoms with Gasteiger partial charge in [-0.05, 0) is 19.3 Å². The van der Waals surface area contributed by atoms with E-state index in [9.17, 15) is 5.11 Å². The molecule has 2 unspecified atom stereocenters. The van der Waals surface area contributed by atoms with Crippen LogP contribution in [-0.4, -0.2) is 63.4 Å². The van der Waals surface area contributed by atoms with E-state index in [1.807, 2.05) is 0 Å². The zero-order valence-corrected chi connectivity index (χ0v) is 12.1. The van der Waals surface area contributed by atoms with E-state index in [1.54, 1.807) is 0 Å². The van der Waals surface area contributed by atoms with Gasteiger partial charge >= 0.3 is 0 Å². The first-order valence-corrected chi connectivity index (χ1v) is 7.48. The van der Waals surface area contributed by atoms with E-state index >= 15 is 0 Å². The van der Waals surface area contributed by atoms with Crippen molar-refractivity contribution < 1.29 is 19.3 Å². The number of nitrogens with one attached hydrogen (secondary N) is 1. The van der Waals surface area contributed by atoms with Gasteiger partial charge in [0, 0.05) is 26.3 Å². The maximum atomic E-state index is 9.69. The van der Waals surface area contributed by atoms with Crippen LogP contribution in [0.5, 0.6) is 0 Å². The van der Waals surface area contributed by atoms with Crippen LogP contribution in [0.25, 0.3) is 0 Å². The maximum Gasteiger partial charge on any atom is 0.0897 e. The largest absolute Gasteiger partial charge is 0.389 e. The molecule has 5 nitrogen and oxygen atoms in total. The third kappa shape index (κ3) is 9.35. The zero-order valence-electron chi connectivity index (χ0n) is 12.1. The summed E-state index contributed by atoms with van der Waals surface area (Å²) in [7, 11) is 0. The van der Waals surface area contributed by atoms with Crippen molar-refractivity contribution in [1.29, 1.82) is 0 Å². The van der Waals surface area contributed by atoms with E-state index in [0.29, 0.717) is 32.5 Å². The summed E-state index contributed by atoms with van der Waals surface area (Å²) in [6.07, 6.45) is 4.37. The molecule has 5 heteroatoms. The molecule has 0 radical (unpaired) electrons. The maximum absolute atomic E-state index is 9.69. The Hall–Kier alpha value is -0.200. The van der Waals surface area contributed by atoms with Gasteiger partial charge in [0.2, 0.25) is 0 Å². The first-order chi connectivity index (χ1) is 9.33. The molecule has 0 spiro atoms. The number of hydrogen-bond donors (Lipinski definition) is 2. The smallest absolute Gasteiger partial charge is 0.0897 e. The van der Waals surface area contributed by atoms with Crippen LogP contribution in [0.3, 0.4) is 0 Å². The lowest BCUT2D eigenvalue weighted by molar-refractivity contribution is 0.00290. The second-order valence-corrected chi connectivity index (χ2v) is 4.99. The summed E-state index contributed by atoms with van der Waals surface area (Å²) in [6.45, 7) is 6.69. The number of rotatable bonds is 12. The fourth-order valence-corrected chi connectivity index (χ4v) is 1.96. The second kappa shape index (κ2) is 11.6. The Labute approximate surface area is 116 Å². The quantitative estimate of drug-likeness (QED) is 0.519. The highest BCUT2D eigenvalue weighted by Gasteiger charge is 2.15. The molecule has 0 bridgehead atoms. The first kappa shape index (κ1) is 16.9. The van der Waals surface area contributed by atoms with Crippen LogP contribution in [0, 0.1) is 0 Å². The van der Waals surface area contributed by atoms with Gasteiger partial charge in [0.15, 0.2) is 0 Å². The molecule has 1 saturated heterocycles. The molecule has 1 aliphatic heterocycles. The van der Waals surface area contributed by atoms with Gasteiger partial charge in [0.1, 0.15) is 0 Å². The topological polar surface area (TPSA) is 60.0 Å². The van der Waals surface area contributed by atoms with Crippen LogP contribution in [0.4, 0.5) is 0 Å². The van der Waals surface area contributed by atoms with Gasteiger partial charge in [-0.3, -0.25) is 0 Å². The third-order valence-corrected chi connectivity index (χ3v) is 3.10. The van der Waals surface area contributed by atoms with Crippen molar-refractivity contribution in [3.63, 3.8) is 0 Å². The zero-order chi connectivity index (χ0) is 13.8.